The molecule has 4 nitrogen and oxygen atoms in total. The third-order valence-electron chi connectivity index (χ3n) is 2.17. The Morgan fingerprint density at radius 2 is 2.06 bits per heavy atom. The van der Waals surface area contributed by atoms with Crippen molar-refractivity contribution >= 4 is 23.7 Å². The molecule has 0 aliphatic heterocycles. The van der Waals surface area contributed by atoms with E-state index in [1.165, 1.54) is 6.20 Å². The molecule has 0 unspecified atom stereocenters. The van der Waals surface area contributed by atoms with Gasteiger partial charge in [-0.25, -0.2) is 5.43 Å². The molecule has 1 aromatic carbocycles. The molecule has 18 heavy (non-hydrogen) atoms. The Morgan fingerprint density at radius 3 is 2.72 bits per heavy atom. The second-order valence-corrected chi connectivity index (χ2v) is 3.93. The first-order valence-electron chi connectivity index (χ1n) is 5.25. The molecule has 0 atom stereocenters. The number of nitrogens with one attached hydrogen (secondary N) is 1. The van der Waals surface area contributed by atoms with Gasteiger partial charge < -0.3 is 0 Å². The summed E-state index contributed by atoms with van der Waals surface area (Å²) in [6, 6.07) is 10.5. The van der Waals surface area contributed by atoms with Gasteiger partial charge in [-0.3, -0.25) is 9.78 Å². The van der Waals surface area contributed by atoms with Crippen molar-refractivity contribution in [2.75, 3.05) is 0 Å². The molecular formula is C13H10ClN3O. The average molecular weight is 260 g/mol. The molecule has 90 valence electrons. The molecule has 1 heterocycles. The number of carbonyl (C=O) groups excluding carboxylic acids is 1. The Labute approximate surface area is 109 Å². The second kappa shape index (κ2) is 5.93. The fourth-order valence-corrected chi connectivity index (χ4v) is 1.40. The maximum atomic E-state index is 11.6. The van der Waals surface area contributed by atoms with Crippen LogP contribution in [0.3, 0.4) is 0 Å². The minimum absolute atomic E-state index is 0.298. The molecule has 2 rings (SSSR count). The third kappa shape index (κ3) is 3.40. The van der Waals surface area contributed by atoms with Gasteiger partial charge in [0.1, 0.15) is 0 Å². The molecule has 0 saturated heterocycles. The molecule has 2 aromatic rings. The molecule has 1 aromatic heterocycles. The van der Waals surface area contributed by atoms with Crippen LogP contribution in [-0.2, 0) is 0 Å². The zero-order valence-electron chi connectivity index (χ0n) is 9.38. The molecule has 0 bridgehead atoms. The number of pyridine rings is 1. The van der Waals surface area contributed by atoms with Crippen LogP contribution < -0.4 is 5.43 Å². The van der Waals surface area contributed by atoms with E-state index in [2.05, 4.69) is 15.5 Å². The van der Waals surface area contributed by atoms with E-state index < -0.39 is 0 Å². The number of hydrazone groups is 1. The van der Waals surface area contributed by atoms with E-state index >= 15 is 0 Å². The van der Waals surface area contributed by atoms with E-state index in [9.17, 15) is 4.79 Å². The average Bonchev–Trinajstić information content (AvgIpc) is 2.42. The molecule has 1 amide bonds. The number of rotatable bonds is 3. The summed E-state index contributed by atoms with van der Waals surface area (Å²) < 4.78 is 0. The van der Waals surface area contributed by atoms with Crippen LogP contribution in [-0.4, -0.2) is 17.1 Å². The van der Waals surface area contributed by atoms with Crippen LogP contribution in [0.5, 0.6) is 0 Å². The van der Waals surface area contributed by atoms with Crippen molar-refractivity contribution in [1.29, 1.82) is 0 Å². The number of aromatic nitrogens is 1. The summed E-state index contributed by atoms with van der Waals surface area (Å²) >= 11 is 5.76. The summed E-state index contributed by atoms with van der Waals surface area (Å²) in [4.78, 5) is 15.5. The van der Waals surface area contributed by atoms with Crippen molar-refractivity contribution in [3.05, 3.63) is 64.9 Å². The van der Waals surface area contributed by atoms with Gasteiger partial charge in [0.25, 0.3) is 5.91 Å². The molecule has 0 fully saturated rings. The van der Waals surface area contributed by atoms with Crippen molar-refractivity contribution in [3.63, 3.8) is 0 Å². The van der Waals surface area contributed by atoms with Gasteiger partial charge in [0.15, 0.2) is 0 Å². The fraction of sp³-hybridized carbons (Fsp3) is 0. The lowest BCUT2D eigenvalue weighted by Gasteiger charge is -1.98. The van der Waals surface area contributed by atoms with Crippen LogP contribution in [0.2, 0.25) is 5.02 Å². The molecule has 0 spiro atoms. The monoisotopic (exact) mass is 259 g/mol. The summed E-state index contributed by atoms with van der Waals surface area (Å²) in [6.07, 6.45) is 4.63. The van der Waals surface area contributed by atoms with Gasteiger partial charge >= 0.3 is 0 Å². The minimum Gasteiger partial charge on any atom is -0.267 e. The first-order chi connectivity index (χ1) is 8.75. The predicted octanol–water partition coefficient (Wildman–Crippen LogP) is 2.50. The van der Waals surface area contributed by atoms with Crippen molar-refractivity contribution in [2.24, 2.45) is 5.10 Å². The molecule has 5 heteroatoms. The van der Waals surface area contributed by atoms with Crippen molar-refractivity contribution < 1.29 is 4.79 Å². The lowest BCUT2D eigenvalue weighted by atomic mass is 10.2. The van der Waals surface area contributed by atoms with E-state index in [0.717, 1.165) is 5.56 Å². The first kappa shape index (κ1) is 12.3. The van der Waals surface area contributed by atoms with Gasteiger partial charge in [-0.1, -0.05) is 23.7 Å². The zero-order valence-corrected chi connectivity index (χ0v) is 10.1. The normalized spacial score (nSPS) is 10.5. The maximum Gasteiger partial charge on any atom is 0.272 e. The highest BCUT2D eigenvalue weighted by Gasteiger charge is 2.01. The quantitative estimate of drug-likeness (QED) is 0.680. The van der Waals surface area contributed by atoms with E-state index in [1.807, 2.05) is 12.1 Å². The number of benzene rings is 1. The summed E-state index contributed by atoms with van der Waals surface area (Å²) in [6.45, 7) is 0. The van der Waals surface area contributed by atoms with Crippen LogP contribution in [0.4, 0.5) is 0 Å². The van der Waals surface area contributed by atoms with E-state index in [-0.39, 0.29) is 5.91 Å². The molecule has 0 radical (unpaired) electrons. The van der Waals surface area contributed by atoms with Gasteiger partial charge in [-0.05, 0) is 29.8 Å². The standard InChI is InChI=1S/C13H10ClN3O/c14-12-5-3-10(4-6-12)8-16-17-13(18)11-2-1-7-15-9-11/h1-9H,(H,17,18). The van der Waals surface area contributed by atoms with Crippen molar-refractivity contribution in [3.8, 4) is 0 Å². The van der Waals surface area contributed by atoms with Gasteiger partial charge in [0.05, 0.1) is 11.8 Å². The Balaban J connectivity index is 1.96. The smallest absolute Gasteiger partial charge is 0.267 e. The number of hydrogen-bond acceptors (Lipinski definition) is 3. The topological polar surface area (TPSA) is 54.4 Å². The van der Waals surface area contributed by atoms with E-state index in [0.29, 0.717) is 10.6 Å². The molecule has 0 aliphatic carbocycles. The lowest BCUT2D eigenvalue weighted by molar-refractivity contribution is 0.0955. The van der Waals surface area contributed by atoms with Crippen LogP contribution in [0.15, 0.2) is 53.9 Å². The largest absolute Gasteiger partial charge is 0.272 e. The van der Waals surface area contributed by atoms with E-state index in [4.69, 9.17) is 11.6 Å². The highest BCUT2D eigenvalue weighted by molar-refractivity contribution is 6.30. The Morgan fingerprint density at radius 1 is 1.28 bits per heavy atom. The highest BCUT2D eigenvalue weighted by Crippen LogP contribution is 2.07. The number of halogens is 1. The molecule has 0 aliphatic rings. The van der Waals surface area contributed by atoms with Gasteiger partial charge in [0, 0.05) is 17.4 Å². The van der Waals surface area contributed by atoms with Gasteiger partial charge in [-0.2, -0.15) is 5.10 Å². The maximum absolute atomic E-state index is 11.6. The van der Waals surface area contributed by atoms with Crippen LogP contribution in [0.25, 0.3) is 0 Å². The summed E-state index contributed by atoms with van der Waals surface area (Å²) in [7, 11) is 0. The molecular weight excluding hydrogens is 250 g/mol. The third-order valence-corrected chi connectivity index (χ3v) is 2.43. The molecule has 1 N–H and O–H groups in total. The Bertz CT molecular complexity index is 552. The molecule has 0 saturated carbocycles. The zero-order chi connectivity index (χ0) is 12.8. The van der Waals surface area contributed by atoms with Gasteiger partial charge in [0.2, 0.25) is 0 Å². The number of nitrogens with zero attached hydrogens (tertiary/aromatic N) is 2. The van der Waals surface area contributed by atoms with Crippen LogP contribution >= 0.6 is 11.6 Å². The highest BCUT2D eigenvalue weighted by atomic mass is 35.5. The predicted molar refractivity (Wildman–Crippen MR) is 70.7 cm³/mol. The van der Waals surface area contributed by atoms with Crippen LogP contribution in [0.1, 0.15) is 15.9 Å². The number of hydrogen-bond donors (Lipinski definition) is 1. The summed E-state index contributed by atoms with van der Waals surface area (Å²) in [5.74, 6) is -0.298. The Hall–Kier alpha value is -2.20. The summed E-state index contributed by atoms with van der Waals surface area (Å²) in [5, 5.41) is 4.51. The summed E-state index contributed by atoms with van der Waals surface area (Å²) in [5.41, 5.74) is 3.74. The SMILES string of the molecule is O=C(NN=Cc1ccc(Cl)cc1)c1cccnc1. The fourth-order valence-electron chi connectivity index (χ4n) is 1.28. The van der Waals surface area contributed by atoms with Crippen molar-refractivity contribution in [1.82, 2.24) is 10.4 Å². The second-order valence-electron chi connectivity index (χ2n) is 3.49. The number of carbonyl (C=O) groups is 1. The Kier molecular flexibility index (Phi) is 4.04. The minimum atomic E-state index is -0.298. The van der Waals surface area contributed by atoms with Gasteiger partial charge in [-0.15, -0.1) is 0 Å². The number of amides is 1. The van der Waals surface area contributed by atoms with Crippen LogP contribution in [0, 0.1) is 0 Å². The first-order valence-corrected chi connectivity index (χ1v) is 5.62. The van der Waals surface area contributed by atoms with E-state index in [1.54, 1.807) is 36.7 Å². The van der Waals surface area contributed by atoms with Crippen molar-refractivity contribution in [2.45, 2.75) is 0 Å². The lowest BCUT2D eigenvalue weighted by Crippen LogP contribution is -2.17.